The molecule has 26 heavy (non-hydrogen) atoms. The van der Waals surface area contributed by atoms with E-state index in [9.17, 15) is 4.79 Å². The van der Waals surface area contributed by atoms with Crippen LogP contribution in [0.1, 0.15) is 63.0 Å². The minimum absolute atomic E-state index is 0.110. The zero-order valence-electron chi connectivity index (χ0n) is 16.0. The first-order valence-corrected chi connectivity index (χ1v) is 19.4. The van der Waals surface area contributed by atoms with Gasteiger partial charge in [0, 0.05) is 0 Å². The molecule has 0 aromatic heterocycles. The first-order chi connectivity index (χ1) is 12.5. The molecule has 1 aromatic carbocycles. The van der Waals surface area contributed by atoms with Gasteiger partial charge in [-0.3, -0.25) is 0 Å². The van der Waals surface area contributed by atoms with E-state index in [1.54, 1.807) is 19.6 Å². The van der Waals surface area contributed by atoms with Gasteiger partial charge < -0.3 is 0 Å². The molecular weight excluding hydrogens is 536 g/mol. The molecule has 0 bridgehead atoms. The average Bonchev–Trinajstić information content (AvgIpc) is 2.96. The Balaban J connectivity index is 1.65. The van der Waals surface area contributed by atoms with Crippen molar-refractivity contribution < 1.29 is 37.6 Å². The van der Waals surface area contributed by atoms with Gasteiger partial charge in [0.2, 0.25) is 0 Å². The number of esters is 1. The van der Waals surface area contributed by atoms with E-state index < -0.39 is 23.3 Å². The van der Waals surface area contributed by atoms with Crippen LogP contribution in [0.3, 0.4) is 0 Å². The van der Waals surface area contributed by atoms with Crippen LogP contribution >= 0.6 is 8.25 Å². The van der Waals surface area contributed by atoms with E-state index >= 15 is 0 Å². The third-order valence-corrected chi connectivity index (χ3v) is 13.3. The first kappa shape index (κ1) is 19.0. The SMILES string of the molecule is COc1cc2c(c[c]1[Hg][Cl])[C@H]1CC[C@]3(C)[C@@H](OC(C)=O)CC[C@H]3[C@@H]1CC2. The van der Waals surface area contributed by atoms with Crippen LogP contribution in [-0.2, 0) is 39.3 Å². The molecule has 0 N–H and O–H groups in total. The molecule has 2 fully saturated rings. The number of hydrogen-bond acceptors (Lipinski definition) is 3. The van der Waals surface area contributed by atoms with Gasteiger partial charge in [0.25, 0.3) is 0 Å². The second-order valence-corrected chi connectivity index (χ2v) is 15.0. The normalized spacial score (nSPS) is 34.9. The molecule has 0 aliphatic heterocycles. The average molecular weight is 563 g/mol. The number of fused-ring (bicyclic) bond motifs is 5. The summed E-state index contributed by atoms with van der Waals surface area (Å²) in [6, 6.07) is 4.67. The van der Waals surface area contributed by atoms with Gasteiger partial charge in [-0.15, -0.1) is 0 Å². The molecule has 3 aliphatic carbocycles. The second kappa shape index (κ2) is 7.27. The Hall–Kier alpha value is -0.285. The summed E-state index contributed by atoms with van der Waals surface area (Å²) in [5.41, 5.74) is 3.19. The zero-order valence-corrected chi connectivity index (χ0v) is 22.3. The van der Waals surface area contributed by atoms with E-state index in [0.29, 0.717) is 11.8 Å². The van der Waals surface area contributed by atoms with Crippen molar-refractivity contribution in [3.8, 4) is 5.75 Å². The molecule has 0 spiro atoms. The summed E-state index contributed by atoms with van der Waals surface area (Å²) >= 11 is -1.53. The van der Waals surface area contributed by atoms with E-state index in [1.807, 2.05) is 0 Å². The Bertz CT molecular complexity index is 721. The summed E-state index contributed by atoms with van der Waals surface area (Å²) in [5.74, 6) is 2.93. The third kappa shape index (κ3) is 3.01. The Morgan fingerprint density at radius 3 is 2.77 bits per heavy atom. The Morgan fingerprint density at radius 2 is 2.08 bits per heavy atom. The van der Waals surface area contributed by atoms with Gasteiger partial charge in [0.05, 0.1) is 0 Å². The molecule has 5 heteroatoms. The fraction of sp³-hybridized carbons (Fsp3) is 0.667. The van der Waals surface area contributed by atoms with Crippen LogP contribution in [0.4, 0.5) is 0 Å². The number of aryl methyl sites for hydroxylation is 1. The van der Waals surface area contributed by atoms with Crippen molar-refractivity contribution in [2.24, 2.45) is 17.3 Å². The third-order valence-electron chi connectivity index (χ3n) is 7.49. The molecule has 0 radical (unpaired) electrons. The number of carbonyl (C=O) groups excluding carboxylic acids is 1. The molecular formula is C21H27ClHgO3. The van der Waals surface area contributed by atoms with Gasteiger partial charge in [0.15, 0.2) is 0 Å². The number of halogens is 1. The number of ether oxygens (including phenoxy) is 2. The van der Waals surface area contributed by atoms with Crippen LogP contribution in [0.2, 0.25) is 0 Å². The van der Waals surface area contributed by atoms with Crippen molar-refractivity contribution in [1.82, 2.24) is 0 Å². The molecule has 0 amide bonds. The van der Waals surface area contributed by atoms with Gasteiger partial charge in [-0.1, -0.05) is 0 Å². The molecule has 5 atom stereocenters. The van der Waals surface area contributed by atoms with Crippen molar-refractivity contribution in [2.75, 3.05) is 7.11 Å². The van der Waals surface area contributed by atoms with Gasteiger partial charge in [-0.25, -0.2) is 0 Å². The van der Waals surface area contributed by atoms with Crippen molar-refractivity contribution in [2.45, 2.75) is 64.4 Å². The topological polar surface area (TPSA) is 35.5 Å². The maximum absolute atomic E-state index is 11.6. The van der Waals surface area contributed by atoms with Gasteiger partial charge in [-0.2, -0.15) is 0 Å². The van der Waals surface area contributed by atoms with Crippen molar-refractivity contribution >= 4 is 17.3 Å². The summed E-state index contributed by atoms with van der Waals surface area (Å²) in [6.45, 7) is 3.92. The quantitative estimate of drug-likeness (QED) is 0.406. The number of carbonyl (C=O) groups is 1. The molecule has 1 aromatic rings. The molecule has 0 unspecified atom stereocenters. The monoisotopic (exact) mass is 564 g/mol. The molecule has 3 aliphatic rings. The summed E-state index contributed by atoms with van der Waals surface area (Å²) in [7, 11) is 8.16. The number of methoxy groups -OCH3 is 1. The summed E-state index contributed by atoms with van der Waals surface area (Å²) in [5, 5.41) is 0. The molecule has 4 rings (SSSR count). The fourth-order valence-corrected chi connectivity index (χ4v) is 10.7. The van der Waals surface area contributed by atoms with E-state index in [2.05, 4.69) is 19.1 Å². The standard InChI is InChI=1S/C21H27O3.ClH.Hg/c1-13(22)24-20-9-8-19-18-6-4-14-12-15(23-3)5-7-16(14)17(18)10-11-21(19,20)2;;/h7,12,17-20H,4,6,8-11H2,1-3H3;1H;/q;;+1/p-1/t17-,18-,19+,20+,21+;;/m1../s1. The van der Waals surface area contributed by atoms with Crippen LogP contribution in [0, 0.1) is 17.3 Å². The molecule has 138 valence electrons. The van der Waals surface area contributed by atoms with Crippen LogP contribution < -0.4 is 7.81 Å². The van der Waals surface area contributed by atoms with Crippen molar-refractivity contribution in [1.29, 1.82) is 0 Å². The van der Waals surface area contributed by atoms with Gasteiger partial charge >= 0.3 is 173 Å². The van der Waals surface area contributed by atoms with Crippen LogP contribution in [0.5, 0.6) is 5.75 Å². The summed E-state index contributed by atoms with van der Waals surface area (Å²) < 4.78 is 12.7. The summed E-state index contributed by atoms with van der Waals surface area (Å²) in [6.07, 6.45) is 7.08. The Labute approximate surface area is 172 Å². The van der Waals surface area contributed by atoms with Crippen LogP contribution in [0.15, 0.2) is 12.1 Å². The molecule has 0 heterocycles. The van der Waals surface area contributed by atoms with Crippen LogP contribution in [-0.4, -0.2) is 19.2 Å². The van der Waals surface area contributed by atoms with E-state index in [4.69, 9.17) is 17.7 Å². The molecule has 0 saturated heterocycles. The fourth-order valence-electron chi connectivity index (χ4n) is 6.29. The summed E-state index contributed by atoms with van der Waals surface area (Å²) in [4.78, 5) is 11.6. The number of benzene rings is 1. The van der Waals surface area contributed by atoms with E-state index in [0.717, 1.165) is 30.9 Å². The Kier molecular flexibility index (Phi) is 5.33. The second-order valence-electron chi connectivity index (χ2n) is 8.63. The van der Waals surface area contributed by atoms with Crippen molar-refractivity contribution in [3.05, 3.63) is 23.3 Å². The van der Waals surface area contributed by atoms with Gasteiger partial charge in [0.1, 0.15) is 0 Å². The molecule has 3 nitrogen and oxygen atoms in total. The van der Waals surface area contributed by atoms with Gasteiger partial charge in [-0.05, 0) is 0 Å². The maximum atomic E-state index is 11.6. The Morgan fingerprint density at radius 1 is 1.27 bits per heavy atom. The predicted molar refractivity (Wildman–Crippen MR) is 98.7 cm³/mol. The van der Waals surface area contributed by atoms with E-state index in [1.165, 1.54) is 27.9 Å². The predicted octanol–water partition coefficient (Wildman–Crippen LogP) is 4.34. The minimum atomic E-state index is -1.53. The number of rotatable bonds is 3. The zero-order chi connectivity index (χ0) is 18.5. The number of hydrogen-bond donors (Lipinski definition) is 0. The molecule has 2 saturated carbocycles. The van der Waals surface area contributed by atoms with Crippen molar-refractivity contribution in [3.63, 3.8) is 0 Å². The van der Waals surface area contributed by atoms with E-state index in [-0.39, 0.29) is 17.5 Å². The first-order valence-electron chi connectivity index (χ1n) is 9.90. The van der Waals surface area contributed by atoms with Crippen LogP contribution in [0.25, 0.3) is 0 Å².